The van der Waals surface area contributed by atoms with Gasteiger partial charge in [0.2, 0.25) is 0 Å². The Morgan fingerprint density at radius 2 is 1.77 bits per heavy atom. The highest BCUT2D eigenvalue weighted by atomic mass is 79.9. The molecule has 0 unspecified atom stereocenters. The molecule has 0 bridgehead atoms. The van der Waals surface area contributed by atoms with Gasteiger partial charge in [0, 0.05) is 12.0 Å². The Balaban J connectivity index is 1.86. The Hall–Kier alpha value is -1.16. The number of rotatable bonds is 6. The summed E-state index contributed by atoms with van der Waals surface area (Å²) < 4.78 is 5.49. The molecule has 1 saturated carbocycles. The standard InChI is InChI=1S/C18H23BrO3/c1-2-3-18(21)22-16-10-8-14(9-11-16)13-4-6-15(7-5-13)17(20)12-19/h4-7,14,16H,2-3,8-12H2,1H3. The average molecular weight is 367 g/mol. The Labute approximate surface area is 140 Å². The van der Waals surface area contributed by atoms with Crippen molar-refractivity contribution < 1.29 is 14.3 Å². The van der Waals surface area contributed by atoms with Crippen LogP contribution < -0.4 is 0 Å². The van der Waals surface area contributed by atoms with Gasteiger partial charge in [0.1, 0.15) is 6.10 Å². The molecule has 1 aromatic carbocycles. The average Bonchev–Trinajstić information content (AvgIpc) is 2.55. The number of hydrogen-bond donors (Lipinski definition) is 0. The van der Waals surface area contributed by atoms with E-state index in [0.717, 1.165) is 37.7 Å². The molecule has 22 heavy (non-hydrogen) atoms. The summed E-state index contributed by atoms with van der Waals surface area (Å²) in [5.74, 6) is 0.552. The summed E-state index contributed by atoms with van der Waals surface area (Å²) in [5, 5.41) is 0.362. The van der Waals surface area contributed by atoms with Crippen molar-refractivity contribution in [2.24, 2.45) is 0 Å². The lowest BCUT2D eigenvalue weighted by atomic mass is 9.82. The van der Waals surface area contributed by atoms with Crippen molar-refractivity contribution in [1.82, 2.24) is 0 Å². The van der Waals surface area contributed by atoms with Gasteiger partial charge in [0.05, 0.1) is 5.33 Å². The first-order valence-corrected chi connectivity index (χ1v) is 9.14. The highest BCUT2D eigenvalue weighted by Gasteiger charge is 2.24. The lowest BCUT2D eigenvalue weighted by molar-refractivity contribution is -0.150. The number of Topliss-reactive ketones (excluding diaryl/α,β-unsaturated/α-hetero) is 1. The van der Waals surface area contributed by atoms with Crippen LogP contribution in [0, 0.1) is 0 Å². The van der Waals surface area contributed by atoms with E-state index in [4.69, 9.17) is 4.74 Å². The summed E-state index contributed by atoms with van der Waals surface area (Å²) in [4.78, 5) is 23.1. The Bertz CT molecular complexity index is 502. The minimum atomic E-state index is -0.0661. The van der Waals surface area contributed by atoms with Gasteiger partial charge in [0.25, 0.3) is 0 Å². The van der Waals surface area contributed by atoms with Crippen LogP contribution in [0.25, 0.3) is 0 Å². The molecule has 1 aliphatic rings. The lowest BCUT2D eigenvalue weighted by Crippen LogP contribution is -2.23. The highest BCUT2D eigenvalue weighted by molar-refractivity contribution is 9.09. The number of alkyl halides is 1. The molecule has 0 N–H and O–H groups in total. The van der Waals surface area contributed by atoms with Crippen molar-refractivity contribution >= 4 is 27.7 Å². The molecule has 0 heterocycles. The van der Waals surface area contributed by atoms with Crippen LogP contribution in [0.4, 0.5) is 0 Å². The third-order valence-corrected chi connectivity index (χ3v) is 4.76. The number of carbonyl (C=O) groups excluding carboxylic acids is 2. The van der Waals surface area contributed by atoms with Gasteiger partial charge < -0.3 is 4.74 Å². The fraction of sp³-hybridized carbons (Fsp3) is 0.556. The van der Waals surface area contributed by atoms with Gasteiger partial charge in [-0.1, -0.05) is 47.1 Å². The quantitative estimate of drug-likeness (QED) is 0.418. The van der Waals surface area contributed by atoms with E-state index < -0.39 is 0 Å². The maximum Gasteiger partial charge on any atom is 0.306 e. The largest absolute Gasteiger partial charge is 0.462 e. The molecule has 0 atom stereocenters. The van der Waals surface area contributed by atoms with E-state index in [9.17, 15) is 9.59 Å². The van der Waals surface area contributed by atoms with Gasteiger partial charge in [-0.15, -0.1) is 0 Å². The number of esters is 1. The van der Waals surface area contributed by atoms with E-state index in [2.05, 4.69) is 28.1 Å². The molecule has 1 aliphatic carbocycles. The number of ketones is 1. The highest BCUT2D eigenvalue weighted by Crippen LogP contribution is 2.34. The van der Waals surface area contributed by atoms with Crippen molar-refractivity contribution in [2.75, 3.05) is 5.33 Å². The summed E-state index contributed by atoms with van der Waals surface area (Å²) in [6.07, 6.45) is 5.39. The Morgan fingerprint density at radius 1 is 1.14 bits per heavy atom. The molecule has 3 nitrogen and oxygen atoms in total. The third kappa shape index (κ3) is 4.67. The maximum atomic E-state index is 11.6. The molecule has 2 rings (SSSR count). The SMILES string of the molecule is CCCC(=O)OC1CCC(c2ccc(C(=O)CBr)cc2)CC1. The first kappa shape index (κ1) is 17.2. The second kappa shape index (κ2) is 8.47. The monoisotopic (exact) mass is 366 g/mol. The van der Waals surface area contributed by atoms with Gasteiger partial charge >= 0.3 is 5.97 Å². The molecule has 1 fully saturated rings. The molecule has 1 aromatic rings. The van der Waals surface area contributed by atoms with Crippen LogP contribution in [0.2, 0.25) is 0 Å². The van der Waals surface area contributed by atoms with E-state index in [-0.39, 0.29) is 17.9 Å². The molecule has 0 radical (unpaired) electrons. The zero-order valence-electron chi connectivity index (χ0n) is 13.0. The summed E-state index contributed by atoms with van der Waals surface area (Å²) in [6, 6.07) is 7.94. The van der Waals surface area contributed by atoms with Gasteiger partial charge in [-0.2, -0.15) is 0 Å². The molecular weight excluding hydrogens is 344 g/mol. The van der Waals surface area contributed by atoms with Crippen LogP contribution >= 0.6 is 15.9 Å². The summed E-state index contributed by atoms with van der Waals surface area (Å²) >= 11 is 3.19. The second-order valence-corrected chi connectivity index (χ2v) is 6.45. The van der Waals surface area contributed by atoms with Crippen molar-refractivity contribution in [1.29, 1.82) is 0 Å². The maximum absolute atomic E-state index is 11.6. The molecule has 0 saturated heterocycles. The molecule has 0 spiro atoms. The molecule has 4 heteroatoms. The second-order valence-electron chi connectivity index (χ2n) is 5.89. The van der Waals surface area contributed by atoms with Crippen molar-refractivity contribution in [3.63, 3.8) is 0 Å². The van der Waals surface area contributed by atoms with Crippen LogP contribution in [-0.4, -0.2) is 23.2 Å². The van der Waals surface area contributed by atoms with Crippen LogP contribution in [0.1, 0.15) is 67.3 Å². The first-order valence-electron chi connectivity index (χ1n) is 8.02. The fourth-order valence-corrected chi connectivity index (χ4v) is 3.31. The van der Waals surface area contributed by atoms with Crippen molar-refractivity contribution in [3.8, 4) is 0 Å². The zero-order chi connectivity index (χ0) is 15.9. The predicted molar refractivity (Wildman–Crippen MR) is 90.6 cm³/mol. The van der Waals surface area contributed by atoms with E-state index in [1.54, 1.807) is 0 Å². The van der Waals surface area contributed by atoms with E-state index in [0.29, 0.717) is 17.7 Å². The summed E-state index contributed by atoms with van der Waals surface area (Å²) in [5.41, 5.74) is 2.03. The molecule has 0 aromatic heterocycles. The van der Waals surface area contributed by atoms with Crippen LogP contribution in [-0.2, 0) is 9.53 Å². The third-order valence-electron chi connectivity index (χ3n) is 4.25. The first-order chi connectivity index (χ1) is 10.6. The van der Waals surface area contributed by atoms with Gasteiger partial charge in [-0.05, 0) is 43.6 Å². The zero-order valence-corrected chi connectivity index (χ0v) is 14.6. The van der Waals surface area contributed by atoms with Crippen molar-refractivity contribution in [3.05, 3.63) is 35.4 Å². The molecule has 0 amide bonds. The van der Waals surface area contributed by atoms with Gasteiger partial charge in [-0.3, -0.25) is 9.59 Å². The smallest absolute Gasteiger partial charge is 0.306 e. The van der Waals surface area contributed by atoms with E-state index in [1.807, 2.05) is 19.1 Å². The van der Waals surface area contributed by atoms with E-state index >= 15 is 0 Å². The number of hydrogen-bond acceptors (Lipinski definition) is 3. The minimum absolute atomic E-state index is 0.0661. The Morgan fingerprint density at radius 3 is 2.32 bits per heavy atom. The van der Waals surface area contributed by atoms with Crippen molar-refractivity contribution in [2.45, 2.75) is 57.5 Å². The summed E-state index contributed by atoms with van der Waals surface area (Å²) in [7, 11) is 0. The molecular formula is C18H23BrO3. The predicted octanol–water partition coefficient (Wildman–Crippen LogP) is 4.63. The molecule has 120 valence electrons. The number of benzene rings is 1. The van der Waals surface area contributed by atoms with Crippen LogP contribution in [0.3, 0.4) is 0 Å². The van der Waals surface area contributed by atoms with Crippen LogP contribution in [0.5, 0.6) is 0 Å². The van der Waals surface area contributed by atoms with Gasteiger partial charge in [-0.25, -0.2) is 0 Å². The number of carbonyl (C=O) groups is 2. The number of halogens is 1. The topological polar surface area (TPSA) is 43.4 Å². The number of ether oxygens (including phenoxy) is 1. The lowest BCUT2D eigenvalue weighted by Gasteiger charge is -2.28. The fourth-order valence-electron chi connectivity index (χ4n) is 2.98. The Kier molecular flexibility index (Phi) is 6.62. The summed E-state index contributed by atoms with van der Waals surface area (Å²) in [6.45, 7) is 1.99. The van der Waals surface area contributed by atoms with Gasteiger partial charge in [0.15, 0.2) is 5.78 Å². The molecule has 0 aliphatic heterocycles. The minimum Gasteiger partial charge on any atom is -0.462 e. The van der Waals surface area contributed by atoms with Crippen LogP contribution in [0.15, 0.2) is 24.3 Å². The van der Waals surface area contributed by atoms with E-state index in [1.165, 1.54) is 5.56 Å². The normalized spacial score (nSPS) is 21.4.